The second kappa shape index (κ2) is 7.48. The van der Waals surface area contributed by atoms with E-state index in [2.05, 4.69) is 20.6 Å². The van der Waals surface area contributed by atoms with Crippen LogP contribution >= 0.6 is 0 Å². The third kappa shape index (κ3) is 4.35. The van der Waals surface area contributed by atoms with Gasteiger partial charge in [-0.05, 0) is 37.3 Å². The minimum atomic E-state index is -0.296. The lowest BCUT2D eigenvalue weighted by Crippen LogP contribution is -2.24. The van der Waals surface area contributed by atoms with E-state index in [0.29, 0.717) is 29.7 Å². The Morgan fingerprint density at radius 1 is 1.20 bits per heavy atom. The lowest BCUT2D eigenvalue weighted by atomic mass is 10.3. The Hall–Kier alpha value is -3.35. The molecule has 128 valence electrons. The fraction of sp³-hybridized carbons (Fsp3) is 0.167. The maximum Gasteiger partial charge on any atom is 0.270 e. The number of nitrogens with one attached hydrogen (secondary N) is 2. The molecule has 0 aliphatic carbocycles. The van der Waals surface area contributed by atoms with E-state index in [1.54, 1.807) is 31.6 Å². The molecule has 3 aromatic rings. The van der Waals surface area contributed by atoms with Crippen LogP contribution in [0.3, 0.4) is 0 Å². The third-order valence-electron chi connectivity index (χ3n) is 3.42. The van der Waals surface area contributed by atoms with Gasteiger partial charge in [0.2, 0.25) is 5.95 Å². The standard InChI is InChI=1S/C18H18N4O3/c1-12-9-16(17(23)19-11-15-7-4-8-25-15)22-18(20-12)21-13-5-3-6-14(10-13)24-2/h3-10H,11H2,1-2H3,(H,19,23)(H,20,21,22). The van der Waals surface area contributed by atoms with E-state index in [0.717, 1.165) is 5.69 Å². The summed E-state index contributed by atoms with van der Waals surface area (Å²) < 4.78 is 10.4. The molecule has 0 aliphatic heterocycles. The Labute approximate surface area is 145 Å². The number of hydrogen-bond donors (Lipinski definition) is 2. The molecule has 1 aromatic carbocycles. The SMILES string of the molecule is COc1cccc(Nc2nc(C)cc(C(=O)NCc3ccco3)n2)c1. The van der Waals surface area contributed by atoms with Crippen LogP contribution < -0.4 is 15.4 Å². The van der Waals surface area contributed by atoms with Gasteiger partial charge in [-0.25, -0.2) is 9.97 Å². The van der Waals surface area contributed by atoms with Crippen LogP contribution in [0.2, 0.25) is 0 Å². The van der Waals surface area contributed by atoms with Crippen LogP contribution in [0.15, 0.2) is 53.1 Å². The van der Waals surface area contributed by atoms with E-state index in [9.17, 15) is 4.79 Å². The molecule has 25 heavy (non-hydrogen) atoms. The van der Waals surface area contributed by atoms with Crippen molar-refractivity contribution < 1.29 is 13.9 Å². The summed E-state index contributed by atoms with van der Waals surface area (Å²) in [6, 6.07) is 12.6. The number of rotatable bonds is 6. The minimum absolute atomic E-state index is 0.282. The summed E-state index contributed by atoms with van der Waals surface area (Å²) in [7, 11) is 1.60. The van der Waals surface area contributed by atoms with Gasteiger partial charge in [-0.15, -0.1) is 0 Å². The molecule has 2 heterocycles. The molecule has 0 spiro atoms. The quantitative estimate of drug-likeness (QED) is 0.718. The molecule has 0 saturated carbocycles. The summed E-state index contributed by atoms with van der Waals surface area (Å²) in [5.41, 5.74) is 1.74. The van der Waals surface area contributed by atoms with Crippen molar-refractivity contribution in [3.63, 3.8) is 0 Å². The summed E-state index contributed by atoms with van der Waals surface area (Å²) in [6.07, 6.45) is 1.56. The van der Waals surface area contributed by atoms with Gasteiger partial charge in [0.15, 0.2) is 0 Å². The number of amides is 1. The largest absolute Gasteiger partial charge is 0.497 e. The summed E-state index contributed by atoms with van der Waals surface area (Å²) in [5, 5.41) is 5.85. The van der Waals surface area contributed by atoms with Crippen LogP contribution in [-0.2, 0) is 6.54 Å². The number of hydrogen-bond acceptors (Lipinski definition) is 6. The molecule has 0 unspecified atom stereocenters. The molecular weight excluding hydrogens is 320 g/mol. The van der Waals surface area contributed by atoms with E-state index in [1.165, 1.54) is 0 Å². The monoisotopic (exact) mass is 338 g/mol. The summed E-state index contributed by atoms with van der Waals surface area (Å²) in [4.78, 5) is 20.9. The van der Waals surface area contributed by atoms with Gasteiger partial charge in [0.05, 0.1) is 19.9 Å². The molecular formula is C18H18N4O3. The molecule has 0 radical (unpaired) electrons. The molecule has 7 heteroatoms. The van der Waals surface area contributed by atoms with E-state index in [4.69, 9.17) is 9.15 Å². The topological polar surface area (TPSA) is 89.3 Å². The Balaban J connectivity index is 1.74. The van der Waals surface area contributed by atoms with Gasteiger partial charge >= 0.3 is 0 Å². The van der Waals surface area contributed by atoms with E-state index < -0.39 is 0 Å². The molecule has 0 saturated heterocycles. The van der Waals surface area contributed by atoms with Crippen molar-refractivity contribution in [3.05, 3.63) is 65.9 Å². The second-order valence-corrected chi connectivity index (χ2v) is 5.34. The Morgan fingerprint density at radius 3 is 2.84 bits per heavy atom. The van der Waals surface area contributed by atoms with Crippen molar-refractivity contribution >= 4 is 17.5 Å². The average Bonchev–Trinajstić information content (AvgIpc) is 3.13. The van der Waals surface area contributed by atoms with Crippen molar-refractivity contribution in [1.82, 2.24) is 15.3 Å². The molecule has 1 amide bonds. The normalized spacial score (nSPS) is 10.3. The molecule has 2 N–H and O–H groups in total. The Morgan fingerprint density at radius 2 is 2.08 bits per heavy atom. The van der Waals surface area contributed by atoms with Crippen LogP contribution in [0.25, 0.3) is 0 Å². The van der Waals surface area contributed by atoms with Crippen molar-refractivity contribution in [2.45, 2.75) is 13.5 Å². The highest BCUT2D eigenvalue weighted by molar-refractivity contribution is 5.92. The summed E-state index contributed by atoms with van der Waals surface area (Å²) >= 11 is 0. The van der Waals surface area contributed by atoms with Gasteiger partial charge < -0.3 is 19.8 Å². The number of ether oxygens (including phenoxy) is 1. The highest BCUT2D eigenvalue weighted by Crippen LogP contribution is 2.19. The number of aryl methyl sites for hydroxylation is 1. The van der Waals surface area contributed by atoms with Crippen LogP contribution in [0.5, 0.6) is 5.75 Å². The van der Waals surface area contributed by atoms with Crippen LogP contribution in [0.1, 0.15) is 21.9 Å². The van der Waals surface area contributed by atoms with Gasteiger partial charge in [0, 0.05) is 17.4 Å². The average molecular weight is 338 g/mol. The van der Waals surface area contributed by atoms with Crippen LogP contribution in [-0.4, -0.2) is 23.0 Å². The fourth-order valence-electron chi connectivity index (χ4n) is 2.24. The Bertz CT molecular complexity index is 863. The van der Waals surface area contributed by atoms with Crippen LogP contribution in [0, 0.1) is 6.92 Å². The third-order valence-corrected chi connectivity index (χ3v) is 3.42. The number of carbonyl (C=O) groups excluding carboxylic acids is 1. The lowest BCUT2D eigenvalue weighted by molar-refractivity contribution is 0.0943. The first-order valence-corrected chi connectivity index (χ1v) is 7.71. The number of carbonyl (C=O) groups is 1. The van der Waals surface area contributed by atoms with Crippen molar-refractivity contribution in [2.24, 2.45) is 0 Å². The number of methoxy groups -OCH3 is 1. The molecule has 0 bridgehead atoms. The zero-order valence-corrected chi connectivity index (χ0v) is 13.9. The first-order chi connectivity index (χ1) is 12.1. The predicted octanol–water partition coefficient (Wildman–Crippen LogP) is 3.06. The van der Waals surface area contributed by atoms with E-state index in [-0.39, 0.29) is 11.6 Å². The van der Waals surface area contributed by atoms with Gasteiger partial charge in [-0.3, -0.25) is 4.79 Å². The molecule has 3 rings (SSSR count). The Kier molecular flexibility index (Phi) is 4.94. The zero-order valence-electron chi connectivity index (χ0n) is 13.9. The maximum atomic E-state index is 12.3. The molecule has 0 fully saturated rings. The fourth-order valence-corrected chi connectivity index (χ4v) is 2.24. The van der Waals surface area contributed by atoms with Crippen LogP contribution in [0.4, 0.5) is 11.6 Å². The second-order valence-electron chi connectivity index (χ2n) is 5.34. The number of aromatic nitrogens is 2. The first kappa shape index (κ1) is 16.5. The summed E-state index contributed by atoms with van der Waals surface area (Å²) in [6.45, 7) is 2.11. The van der Waals surface area contributed by atoms with Gasteiger partial charge in [-0.2, -0.15) is 0 Å². The smallest absolute Gasteiger partial charge is 0.270 e. The molecule has 0 atom stereocenters. The first-order valence-electron chi connectivity index (χ1n) is 7.71. The minimum Gasteiger partial charge on any atom is -0.497 e. The highest BCUT2D eigenvalue weighted by atomic mass is 16.5. The predicted molar refractivity (Wildman–Crippen MR) is 92.9 cm³/mol. The number of furan rings is 1. The van der Waals surface area contributed by atoms with E-state index in [1.807, 2.05) is 31.2 Å². The van der Waals surface area contributed by atoms with Gasteiger partial charge in [0.1, 0.15) is 17.2 Å². The molecule has 0 aliphatic rings. The van der Waals surface area contributed by atoms with Crippen molar-refractivity contribution in [2.75, 3.05) is 12.4 Å². The summed E-state index contributed by atoms with van der Waals surface area (Å²) in [5.74, 6) is 1.44. The number of anilines is 2. The molecule has 2 aromatic heterocycles. The number of benzene rings is 1. The van der Waals surface area contributed by atoms with Crippen molar-refractivity contribution in [3.8, 4) is 5.75 Å². The zero-order chi connectivity index (χ0) is 17.6. The highest BCUT2D eigenvalue weighted by Gasteiger charge is 2.11. The van der Waals surface area contributed by atoms with Crippen molar-refractivity contribution in [1.29, 1.82) is 0 Å². The number of nitrogens with zero attached hydrogens (tertiary/aromatic N) is 2. The van der Waals surface area contributed by atoms with E-state index >= 15 is 0 Å². The van der Waals surface area contributed by atoms with Gasteiger partial charge in [-0.1, -0.05) is 6.07 Å². The maximum absolute atomic E-state index is 12.3. The lowest BCUT2D eigenvalue weighted by Gasteiger charge is -2.09. The molecule has 7 nitrogen and oxygen atoms in total. The van der Waals surface area contributed by atoms with Gasteiger partial charge in [0.25, 0.3) is 5.91 Å².